The number of carbonyl (C=O) groups is 1. The molecule has 0 radical (unpaired) electrons. The van der Waals surface area contributed by atoms with Gasteiger partial charge in [0.1, 0.15) is 11.5 Å². The number of carboxylic acid groups (broad SMARTS) is 1. The van der Waals surface area contributed by atoms with Gasteiger partial charge in [0.15, 0.2) is 0 Å². The van der Waals surface area contributed by atoms with Crippen LogP contribution in [0, 0.1) is 0 Å². The molecule has 0 fully saturated rings. The predicted octanol–water partition coefficient (Wildman–Crippen LogP) is 2.17. The van der Waals surface area contributed by atoms with Crippen LogP contribution in [0.1, 0.15) is 0 Å². The first-order chi connectivity index (χ1) is 5.72. The third kappa shape index (κ3) is 3.66. The second kappa shape index (κ2) is 5.27. The molecule has 1 aromatic carbocycles. The average molecular weight is 205 g/mol. The van der Waals surface area contributed by atoms with Crippen molar-refractivity contribution in [1.82, 2.24) is 0 Å². The first-order valence-electron chi connectivity index (χ1n) is 3.27. The van der Waals surface area contributed by atoms with E-state index in [-0.39, 0.29) is 18.2 Å². The van der Waals surface area contributed by atoms with Crippen molar-refractivity contribution in [3.8, 4) is 11.5 Å². The van der Waals surface area contributed by atoms with Gasteiger partial charge in [0.05, 0.1) is 7.11 Å². The zero-order chi connectivity index (χ0) is 8.97. The van der Waals surface area contributed by atoms with E-state index in [4.69, 9.17) is 9.84 Å². The van der Waals surface area contributed by atoms with Crippen molar-refractivity contribution >= 4 is 18.6 Å². The van der Waals surface area contributed by atoms with E-state index in [0.717, 1.165) is 0 Å². The van der Waals surface area contributed by atoms with Crippen LogP contribution < -0.4 is 9.47 Å². The van der Waals surface area contributed by atoms with E-state index in [9.17, 15) is 4.79 Å². The standard InChI is InChI=1S/C8H8O4.ClH/c1-11-6-2-4-7(5-3-6)12-8(9)10;/h2-5H,1H3,(H,9,10);1H. The van der Waals surface area contributed by atoms with Gasteiger partial charge in [0, 0.05) is 0 Å². The molecule has 0 aliphatic rings. The van der Waals surface area contributed by atoms with Crippen molar-refractivity contribution < 1.29 is 19.4 Å². The minimum absolute atomic E-state index is 0. The summed E-state index contributed by atoms with van der Waals surface area (Å²) in [6.07, 6.45) is -1.32. The molecule has 4 nitrogen and oxygen atoms in total. The lowest BCUT2D eigenvalue weighted by molar-refractivity contribution is 0.144. The van der Waals surface area contributed by atoms with Gasteiger partial charge < -0.3 is 14.6 Å². The van der Waals surface area contributed by atoms with Gasteiger partial charge in [-0.3, -0.25) is 0 Å². The van der Waals surface area contributed by atoms with Crippen LogP contribution in [0.2, 0.25) is 0 Å². The van der Waals surface area contributed by atoms with Crippen molar-refractivity contribution in [3.05, 3.63) is 24.3 Å². The Bertz CT molecular complexity index is 270. The van der Waals surface area contributed by atoms with Gasteiger partial charge in [-0.15, -0.1) is 12.4 Å². The number of hydrogen-bond acceptors (Lipinski definition) is 3. The van der Waals surface area contributed by atoms with Gasteiger partial charge in [-0.05, 0) is 24.3 Å². The third-order valence-electron chi connectivity index (χ3n) is 1.26. The lowest BCUT2D eigenvalue weighted by Gasteiger charge is -2.00. The molecule has 0 aliphatic carbocycles. The van der Waals surface area contributed by atoms with E-state index in [1.807, 2.05) is 0 Å². The summed E-state index contributed by atoms with van der Waals surface area (Å²) in [5.74, 6) is 0.941. The summed E-state index contributed by atoms with van der Waals surface area (Å²) in [5, 5.41) is 8.24. The molecule has 0 unspecified atom stereocenters. The number of rotatable bonds is 2. The molecule has 1 N–H and O–H groups in total. The second-order valence-corrected chi connectivity index (χ2v) is 2.04. The highest BCUT2D eigenvalue weighted by atomic mass is 35.5. The molecule has 0 heterocycles. The summed E-state index contributed by atoms with van der Waals surface area (Å²) in [6, 6.07) is 6.29. The van der Waals surface area contributed by atoms with Crippen LogP contribution >= 0.6 is 12.4 Å². The summed E-state index contributed by atoms with van der Waals surface area (Å²) in [6.45, 7) is 0. The highest BCUT2D eigenvalue weighted by Crippen LogP contribution is 2.16. The number of ether oxygens (including phenoxy) is 2. The van der Waals surface area contributed by atoms with Gasteiger partial charge >= 0.3 is 6.16 Å². The second-order valence-electron chi connectivity index (χ2n) is 2.04. The first-order valence-corrected chi connectivity index (χ1v) is 3.27. The average Bonchev–Trinajstić information content (AvgIpc) is 2.05. The molecule has 1 rings (SSSR count). The van der Waals surface area contributed by atoms with Gasteiger partial charge in [0.25, 0.3) is 0 Å². The summed E-state index contributed by atoms with van der Waals surface area (Å²) in [7, 11) is 1.53. The van der Waals surface area contributed by atoms with Gasteiger partial charge in [-0.25, -0.2) is 4.79 Å². The Labute approximate surface area is 81.5 Å². The normalized spacial score (nSPS) is 8.38. The zero-order valence-electron chi connectivity index (χ0n) is 6.89. The molecule has 0 saturated heterocycles. The summed E-state index contributed by atoms with van der Waals surface area (Å²) in [4.78, 5) is 10.1. The Morgan fingerprint density at radius 3 is 2.08 bits per heavy atom. The summed E-state index contributed by atoms with van der Waals surface area (Å²) >= 11 is 0. The number of benzene rings is 1. The first kappa shape index (κ1) is 11.6. The number of methoxy groups -OCH3 is 1. The minimum Gasteiger partial charge on any atom is -0.497 e. The quantitative estimate of drug-likeness (QED) is 0.593. The highest BCUT2D eigenvalue weighted by molar-refractivity contribution is 5.85. The van der Waals surface area contributed by atoms with Crippen LogP contribution in [-0.4, -0.2) is 18.4 Å². The van der Waals surface area contributed by atoms with E-state index in [2.05, 4.69) is 4.74 Å². The third-order valence-corrected chi connectivity index (χ3v) is 1.26. The maximum atomic E-state index is 10.1. The Hall–Kier alpha value is -1.42. The fraction of sp³-hybridized carbons (Fsp3) is 0.125. The lowest BCUT2D eigenvalue weighted by atomic mass is 10.3. The largest absolute Gasteiger partial charge is 0.511 e. The van der Waals surface area contributed by atoms with Crippen LogP contribution in [0.5, 0.6) is 11.5 Å². The van der Waals surface area contributed by atoms with Crippen LogP contribution in [0.4, 0.5) is 4.79 Å². The highest BCUT2D eigenvalue weighted by Gasteiger charge is 1.99. The fourth-order valence-electron chi connectivity index (χ4n) is 0.745. The minimum atomic E-state index is -1.32. The molecule has 0 spiro atoms. The molecule has 72 valence electrons. The van der Waals surface area contributed by atoms with Crippen LogP contribution in [-0.2, 0) is 0 Å². The molecular weight excluding hydrogens is 196 g/mol. The topological polar surface area (TPSA) is 55.8 Å². The van der Waals surface area contributed by atoms with Gasteiger partial charge in [0.2, 0.25) is 0 Å². The number of hydrogen-bond donors (Lipinski definition) is 1. The maximum absolute atomic E-state index is 10.1. The molecule has 13 heavy (non-hydrogen) atoms. The lowest BCUT2D eigenvalue weighted by Crippen LogP contribution is -2.02. The van der Waals surface area contributed by atoms with E-state index in [1.54, 1.807) is 12.1 Å². The van der Waals surface area contributed by atoms with E-state index >= 15 is 0 Å². The van der Waals surface area contributed by atoms with Gasteiger partial charge in [-0.1, -0.05) is 0 Å². The molecule has 5 heteroatoms. The smallest absolute Gasteiger partial charge is 0.497 e. The fourth-order valence-corrected chi connectivity index (χ4v) is 0.745. The molecule has 1 aromatic rings. The molecule has 0 bridgehead atoms. The monoisotopic (exact) mass is 204 g/mol. The van der Waals surface area contributed by atoms with E-state index in [1.165, 1.54) is 19.2 Å². The molecule has 0 amide bonds. The van der Waals surface area contributed by atoms with Crippen molar-refractivity contribution in [2.24, 2.45) is 0 Å². The van der Waals surface area contributed by atoms with Crippen molar-refractivity contribution in [2.75, 3.05) is 7.11 Å². The zero-order valence-corrected chi connectivity index (χ0v) is 7.71. The Kier molecular flexibility index (Phi) is 4.69. The van der Waals surface area contributed by atoms with Crippen LogP contribution in [0.15, 0.2) is 24.3 Å². The molecule has 0 aromatic heterocycles. The van der Waals surface area contributed by atoms with E-state index in [0.29, 0.717) is 5.75 Å². The number of halogens is 1. The Morgan fingerprint density at radius 2 is 1.69 bits per heavy atom. The summed E-state index contributed by atoms with van der Waals surface area (Å²) < 4.78 is 9.25. The summed E-state index contributed by atoms with van der Waals surface area (Å²) in [5.41, 5.74) is 0. The molecule has 0 atom stereocenters. The van der Waals surface area contributed by atoms with Crippen LogP contribution in [0.3, 0.4) is 0 Å². The Balaban J connectivity index is 0.00000144. The van der Waals surface area contributed by atoms with Crippen LogP contribution in [0.25, 0.3) is 0 Å². The Morgan fingerprint density at radius 1 is 1.23 bits per heavy atom. The molecule has 0 aliphatic heterocycles. The molecule has 0 saturated carbocycles. The van der Waals surface area contributed by atoms with Gasteiger partial charge in [-0.2, -0.15) is 0 Å². The predicted molar refractivity (Wildman–Crippen MR) is 48.9 cm³/mol. The van der Waals surface area contributed by atoms with E-state index < -0.39 is 6.16 Å². The van der Waals surface area contributed by atoms with Crippen molar-refractivity contribution in [1.29, 1.82) is 0 Å². The molecular formula is C8H9ClO4. The maximum Gasteiger partial charge on any atom is 0.511 e. The SMILES string of the molecule is COc1ccc(OC(=O)O)cc1.Cl. The van der Waals surface area contributed by atoms with Crippen molar-refractivity contribution in [3.63, 3.8) is 0 Å². The van der Waals surface area contributed by atoms with Crippen molar-refractivity contribution in [2.45, 2.75) is 0 Å².